The zero-order valence-corrected chi connectivity index (χ0v) is 18.4. The maximum atomic E-state index is 13.2. The van der Waals surface area contributed by atoms with Gasteiger partial charge in [-0.1, -0.05) is 48.0 Å². The van der Waals surface area contributed by atoms with Crippen molar-refractivity contribution in [2.45, 2.75) is 25.3 Å². The van der Waals surface area contributed by atoms with Crippen LogP contribution in [0.5, 0.6) is 0 Å². The Morgan fingerprint density at radius 3 is 2.13 bits per heavy atom. The van der Waals surface area contributed by atoms with Crippen LogP contribution in [-0.4, -0.2) is 25.2 Å². The van der Waals surface area contributed by atoms with Gasteiger partial charge < -0.3 is 5.32 Å². The molecular formula is C23H23ClN2O3S. The van der Waals surface area contributed by atoms with Gasteiger partial charge in [0.1, 0.15) is 0 Å². The Hall–Kier alpha value is -2.67. The van der Waals surface area contributed by atoms with Crippen molar-refractivity contribution in [3.05, 3.63) is 94.5 Å². The summed E-state index contributed by atoms with van der Waals surface area (Å²) in [6, 6.07) is 20.8. The maximum Gasteiger partial charge on any atom is 0.243 e. The molecule has 0 saturated carbocycles. The monoisotopic (exact) mass is 442 g/mol. The SMILES string of the molecule is Cc1cc(C)cc(NC(=O)CN(Cc2ccccc2)S(=O)(=O)c2ccc(Cl)cc2)c1. The van der Waals surface area contributed by atoms with Gasteiger partial charge in [-0.2, -0.15) is 4.31 Å². The zero-order valence-electron chi connectivity index (χ0n) is 16.8. The van der Waals surface area contributed by atoms with Gasteiger partial charge in [-0.15, -0.1) is 0 Å². The van der Waals surface area contributed by atoms with Crippen molar-refractivity contribution in [1.82, 2.24) is 4.31 Å². The number of halogens is 1. The first-order valence-electron chi connectivity index (χ1n) is 9.42. The number of benzene rings is 3. The van der Waals surface area contributed by atoms with Crippen molar-refractivity contribution < 1.29 is 13.2 Å². The van der Waals surface area contributed by atoms with Gasteiger partial charge in [0.2, 0.25) is 15.9 Å². The summed E-state index contributed by atoms with van der Waals surface area (Å²) in [5.41, 5.74) is 3.45. The largest absolute Gasteiger partial charge is 0.325 e. The van der Waals surface area contributed by atoms with Crippen LogP contribution >= 0.6 is 11.6 Å². The minimum Gasteiger partial charge on any atom is -0.325 e. The Bertz CT molecular complexity index is 1110. The molecule has 1 N–H and O–H groups in total. The molecule has 3 aromatic rings. The fraction of sp³-hybridized carbons (Fsp3) is 0.174. The molecule has 0 radical (unpaired) electrons. The van der Waals surface area contributed by atoms with E-state index in [0.717, 1.165) is 16.7 Å². The van der Waals surface area contributed by atoms with Crippen molar-refractivity contribution >= 4 is 33.2 Å². The van der Waals surface area contributed by atoms with Gasteiger partial charge in [-0.25, -0.2) is 8.42 Å². The topological polar surface area (TPSA) is 66.5 Å². The van der Waals surface area contributed by atoms with Crippen LogP contribution in [0.2, 0.25) is 5.02 Å². The lowest BCUT2D eigenvalue weighted by Gasteiger charge is -2.22. The van der Waals surface area contributed by atoms with Gasteiger partial charge in [0.25, 0.3) is 0 Å². The van der Waals surface area contributed by atoms with Crippen LogP contribution in [0.3, 0.4) is 0 Å². The Morgan fingerprint density at radius 2 is 1.53 bits per heavy atom. The highest BCUT2D eigenvalue weighted by Crippen LogP contribution is 2.21. The lowest BCUT2D eigenvalue weighted by atomic mass is 10.1. The molecule has 0 fully saturated rings. The van der Waals surface area contributed by atoms with E-state index in [2.05, 4.69) is 5.32 Å². The molecule has 0 aromatic heterocycles. The molecule has 0 atom stereocenters. The van der Waals surface area contributed by atoms with Crippen LogP contribution in [0.1, 0.15) is 16.7 Å². The molecular weight excluding hydrogens is 420 g/mol. The highest BCUT2D eigenvalue weighted by atomic mass is 35.5. The number of anilines is 1. The standard InChI is InChI=1S/C23H23ClN2O3S/c1-17-12-18(2)14-21(13-17)25-23(27)16-26(15-19-6-4-3-5-7-19)30(28,29)22-10-8-20(24)9-11-22/h3-14H,15-16H2,1-2H3,(H,25,27). The Kier molecular flexibility index (Phi) is 6.92. The fourth-order valence-corrected chi connectivity index (χ4v) is 4.69. The third-order valence-corrected chi connectivity index (χ3v) is 6.54. The first kappa shape index (κ1) is 22.0. The molecule has 0 bridgehead atoms. The van der Waals surface area contributed by atoms with E-state index in [4.69, 9.17) is 11.6 Å². The molecule has 0 spiro atoms. The number of aryl methyl sites for hydroxylation is 2. The number of hydrogen-bond donors (Lipinski definition) is 1. The summed E-state index contributed by atoms with van der Waals surface area (Å²) in [4.78, 5) is 12.8. The molecule has 3 aromatic carbocycles. The number of rotatable bonds is 7. The lowest BCUT2D eigenvalue weighted by Crippen LogP contribution is -2.37. The van der Waals surface area contributed by atoms with Crippen molar-refractivity contribution in [2.75, 3.05) is 11.9 Å². The van der Waals surface area contributed by atoms with E-state index < -0.39 is 15.9 Å². The zero-order chi connectivity index (χ0) is 21.7. The molecule has 30 heavy (non-hydrogen) atoms. The summed E-state index contributed by atoms with van der Waals surface area (Å²) >= 11 is 5.90. The quantitative estimate of drug-likeness (QED) is 0.572. The summed E-state index contributed by atoms with van der Waals surface area (Å²) in [7, 11) is -3.91. The summed E-state index contributed by atoms with van der Waals surface area (Å²) < 4.78 is 27.7. The third kappa shape index (κ3) is 5.69. The lowest BCUT2D eigenvalue weighted by molar-refractivity contribution is -0.116. The molecule has 0 aliphatic carbocycles. The molecule has 0 aliphatic heterocycles. The van der Waals surface area contributed by atoms with Gasteiger partial charge in [-0.05, 0) is 66.9 Å². The van der Waals surface area contributed by atoms with Gasteiger partial charge in [0.15, 0.2) is 0 Å². The van der Waals surface area contributed by atoms with E-state index in [9.17, 15) is 13.2 Å². The van der Waals surface area contributed by atoms with Crippen LogP contribution in [0.15, 0.2) is 77.7 Å². The normalized spacial score (nSPS) is 11.5. The Labute approximate surface area is 182 Å². The molecule has 0 saturated heterocycles. The van der Waals surface area contributed by atoms with E-state index in [0.29, 0.717) is 10.7 Å². The van der Waals surface area contributed by atoms with Crippen LogP contribution in [0.25, 0.3) is 0 Å². The predicted molar refractivity (Wildman–Crippen MR) is 120 cm³/mol. The van der Waals surface area contributed by atoms with Gasteiger partial charge in [0, 0.05) is 17.3 Å². The number of hydrogen-bond acceptors (Lipinski definition) is 3. The van der Waals surface area contributed by atoms with E-state index in [1.54, 1.807) is 0 Å². The Balaban J connectivity index is 1.87. The van der Waals surface area contributed by atoms with Crippen molar-refractivity contribution in [3.63, 3.8) is 0 Å². The van der Waals surface area contributed by atoms with Crippen LogP contribution in [-0.2, 0) is 21.4 Å². The van der Waals surface area contributed by atoms with Crippen LogP contribution < -0.4 is 5.32 Å². The van der Waals surface area contributed by atoms with E-state index in [-0.39, 0.29) is 18.0 Å². The highest BCUT2D eigenvalue weighted by molar-refractivity contribution is 7.89. The van der Waals surface area contributed by atoms with Gasteiger partial charge in [-0.3, -0.25) is 4.79 Å². The van der Waals surface area contributed by atoms with Crippen molar-refractivity contribution in [1.29, 1.82) is 0 Å². The van der Waals surface area contributed by atoms with Crippen molar-refractivity contribution in [2.24, 2.45) is 0 Å². The smallest absolute Gasteiger partial charge is 0.243 e. The molecule has 156 valence electrons. The summed E-state index contributed by atoms with van der Waals surface area (Å²) in [6.45, 7) is 3.64. The molecule has 7 heteroatoms. The van der Waals surface area contributed by atoms with E-state index >= 15 is 0 Å². The first-order valence-corrected chi connectivity index (χ1v) is 11.2. The summed E-state index contributed by atoms with van der Waals surface area (Å²) in [5, 5.41) is 3.25. The highest BCUT2D eigenvalue weighted by Gasteiger charge is 2.27. The second kappa shape index (κ2) is 9.43. The molecule has 0 unspecified atom stereocenters. The number of carbonyl (C=O) groups excluding carboxylic acids is 1. The number of nitrogens with one attached hydrogen (secondary N) is 1. The first-order chi connectivity index (χ1) is 14.2. The van der Waals surface area contributed by atoms with Gasteiger partial charge in [0.05, 0.1) is 11.4 Å². The van der Waals surface area contributed by atoms with Crippen molar-refractivity contribution in [3.8, 4) is 0 Å². The second-order valence-corrected chi connectivity index (χ2v) is 9.51. The molecule has 1 amide bonds. The third-order valence-electron chi connectivity index (χ3n) is 4.48. The minimum absolute atomic E-state index is 0.0755. The molecule has 0 heterocycles. The summed E-state index contributed by atoms with van der Waals surface area (Å²) in [5.74, 6) is -0.409. The number of sulfonamides is 1. The van der Waals surface area contributed by atoms with E-state index in [1.165, 1.54) is 28.6 Å². The fourth-order valence-electron chi connectivity index (χ4n) is 3.18. The molecule has 0 aliphatic rings. The van der Waals surface area contributed by atoms with Crippen LogP contribution in [0, 0.1) is 13.8 Å². The maximum absolute atomic E-state index is 13.2. The van der Waals surface area contributed by atoms with E-state index in [1.807, 2.05) is 62.4 Å². The molecule has 3 rings (SSSR count). The number of amides is 1. The average molecular weight is 443 g/mol. The average Bonchev–Trinajstić information content (AvgIpc) is 2.68. The number of carbonyl (C=O) groups is 1. The summed E-state index contributed by atoms with van der Waals surface area (Å²) in [6.07, 6.45) is 0. The van der Waals surface area contributed by atoms with Gasteiger partial charge >= 0.3 is 0 Å². The Morgan fingerprint density at radius 1 is 0.933 bits per heavy atom. The number of nitrogens with zero attached hydrogens (tertiary/aromatic N) is 1. The minimum atomic E-state index is -3.91. The second-order valence-electron chi connectivity index (χ2n) is 7.14. The van der Waals surface area contributed by atoms with Crippen LogP contribution in [0.4, 0.5) is 5.69 Å². The molecule has 5 nitrogen and oxygen atoms in total. The predicted octanol–water partition coefficient (Wildman–Crippen LogP) is 4.79.